The zero-order valence-corrected chi connectivity index (χ0v) is 11.1. The molecule has 0 radical (unpaired) electrons. The number of hydrogen-bond acceptors (Lipinski definition) is 6. The lowest BCUT2D eigenvalue weighted by molar-refractivity contribution is 0.0942. The monoisotopic (exact) mass is 290 g/mol. The van der Waals surface area contributed by atoms with Crippen molar-refractivity contribution in [2.75, 3.05) is 6.54 Å². The van der Waals surface area contributed by atoms with Crippen molar-refractivity contribution >= 4 is 27.5 Å². The van der Waals surface area contributed by atoms with Gasteiger partial charge in [0.05, 0.1) is 11.8 Å². The van der Waals surface area contributed by atoms with Crippen LogP contribution in [0.2, 0.25) is 0 Å². The Morgan fingerprint density at radius 3 is 3.15 bits per heavy atom. The average Bonchev–Trinajstić information content (AvgIpc) is 3.11. The molecule has 0 bridgehead atoms. The molecule has 0 unspecified atom stereocenters. The second kappa shape index (κ2) is 5.21. The molecule has 3 aromatic heterocycles. The molecule has 20 heavy (non-hydrogen) atoms. The fraction of sp³-hybridized carbons (Fsp3) is 0.182. The molecule has 0 aliphatic rings. The number of aromatic amines is 1. The SMILES string of the molecule is O=C(NCCn1cnc2ccsc2c1=O)c1ncn[nH]1. The Morgan fingerprint density at radius 1 is 1.45 bits per heavy atom. The van der Waals surface area contributed by atoms with Crippen molar-refractivity contribution in [3.8, 4) is 0 Å². The van der Waals surface area contributed by atoms with Crippen molar-refractivity contribution < 1.29 is 4.79 Å². The predicted octanol–water partition coefficient (Wildman–Crippen LogP) is 0.00610. The smallest absolute Gasteiger partial charge is 0.288 e. The van der Waals surface area contributed by atoms with Crippen LogP contribution in [0.25, 0.3) is 10.2 Å². The van der Waals surface area contributed by atoms with Crippen molar-refractivity contribution in [2.45, 2.75) is 6.54 Å². The minimum atomic E-state index is -0.360. The Morgan fingerprint density at radius 2 is 2.35 bits per heavy atom. The molecule has 0 spiro atoms. The van der Waals surface area contributed by atoms with Gasteiger partial charge in [-0.25, -0.2) is 9.97 Å². The van der Waals surface area contributed by atoms with Gasteiger partial charge < -0.3 is 5.32 Å². The maximum absolute atomic E-state index is 12.1. The highest BCUT2D eigenvalue weighted by Gasteiger charge is 2.08. The van der Waals surface area contributed by atoms with Gasteiger partial charge in [0, 0.05) is 13.1 Å². The van der Waals surface area contributed by atoms with E-state index in [1.165, 1.54) is 28.6 Å². The number of rotatable bonds is 4. The van der Waals surface area contributed by atoms with Crippen molar-refractivity contribution in [3.63, 3.8) is 0 Å². The quantitative estimate of drug-likeness (QED) is 0.704. The summed E-state index contributed by atoms with van der Waals surface area (Å²) < 4.78 is 2.09. The summed E-state index contributed by atoms with van der Waals surface area (Å²) in [6.07, 6.45) is 2.74. The third-order valence-electron chi connectivity index (χ3n) is 2.70. The topological polar surface area (TPSA) is 106 Å². The minimum absolute atomic E-state index is 0.0982. The van der Waals surface area contributed by atoms with Crippen molar-refractivity contribution in [1.29, 1.82) is 0 Å². The van der Waals surface area contributed by atoms with E-state index in [1.807, 2.05) is 5.38 Å². The molecule has 0 saturated carbocycles. The van der Waals surface area contributed by atoms with Gasteiger partial charge in [-0.3, -0.25) is 19.3 Å². The van der Waals surface area contributed by atoms with Crippen LogP contribution in [0.4, 0.5) is 0 Å². The Bertz CT molecular complexity index is 791. The molecule has 2 N–H and O–H groups in total. The summed E-state index contributed by atoms with van der Waals surface area (Å²) in [5.74, 6) is -0.218. The highest BCUT2D eigenvalue weighted by molar-refractivity contribution is 7.17. The largest absolute Gasteiger partial charge is 0.348 e. The molecule has 9 heteroatoms. The molecule has 3 heterocycles. The number of aromatic nitrogens is 5. The highest BCUT2D eigenvalue weighted by atomic mass is 32.1. The van der Waals surface area contributed by atoms with Crippen LogP contribution in [0.15, 0.2) is 28.9 Å². The molecule has 0 aliphatic heterocycles. The number of hydrogen-bond donors (Lipinski definition) is 2. The molecular weight excluding hydrogens is 280 g/mol. The Balaban J connectivity index is 1.67. The van der Waals surface area contributed by atoms with Crippen LogP contribution in [-0.2, 0) is 6.54 Å². The molecule has 0 saturated heterocycles. The summed E-state index contributed by atoms with van der Waals surface area (Å²) in [5, 5.41) is 10.5. The van der Waals surface area contributed by atoms with Crippen molar-refractivity contribution in [2.24, 2.45) is 0 Å². The van der Waals surface area contributed by atoms with E-state index in [2.05, 4.69) is 25.5 Å². The third kappa shape index (κ3) is 2.30. The van der Waals surface area contributed by atoms with Crippen LogP contribution in [0.5, 0.6) is 0 Å². The number of amides is 1. The fourth-order valence-corrected chi connectivity index (χ4v) is 2.52. The summed E-state index contributed by atoms with van der Waals surface area (Å²) in [5.41, 5.74) is 0.598. The number of carbonyl (C=O) groups is 1. The van der Waals surface area contributed by atoms with E-state index >= 15 is 0 Å². The van der Waals surface area contributed by atoms with Gasteiger partial charge in [-0.15, -0.1) is 11.3 Å². The maximum Gasteiger partial charge on any atom is 0.288 e. The summed E-state index contributed by atoms with van der Waals surface area (Å²) in [7, 11) is 0. The number of nitrogens with one attached hydrogen (secondary N) is 2. The lowest BCUT2D eigenvalue weighted by Gasteiger charge is -2.05. The standard InChI is InChI=1S/C11H10N6O2S/c18-10(9-13-5-15-16-9)12-2-3-17-6-14-7-1-4-20-8(7)11(17)19/h1,4-6H,2-3H2,(H,12,18)(H,13,15,16). The molecule has 0 aromatic carbocycles. The Kier molecular flexibility index (Phi) is 3.25. The lowest BCUT2D eigenvalue weighted by Crippen LogP contribution is -2.31. The number of thiophene rings is 1. The van der Waals surface area contributed by atoms with E-state index in [-0.39, 0.29) is 17.3 Å². The van der Waals surface area contributed by atoms with Crippen LogP contribution < -0.4 is 10.9 Å². The molecule has 0 atom stereocenters. The van der Waals surface area contributed by atoms with E-state index in [9.17, 15) is 9.59 Å². The van der Waals surface area contributed by atoms with Gasteiger partial charge in [-0.1, -0.05) is 0 Å². The van der Waals surface area contributed by atoms with Gasteiger partial charge in [0.2, 0.25) is 5.82 Å². The molecular formula is C11H10N6O2S. The van der Waals surface area contributed by atoms with Gasteiger partial charge in [-0.2, -0.15) is 5.10 Å². The molecule has 102 valence electrons. The Hall–Kier alpha value is -2.55. The van der Waals surface area contributed by atoms with Gasteiger partial charge in [0.25, 0.3) is 11.5 Å². The van der Waals surface area contributed by atoms with Gasteiger partial charge in [0.15, 0.2) is 0 Å². The number of H-pyrrole nitrogens is 1. The first kappa shape index (κ1) is 12.5. The first-order valence-corrected chi connectivity index (χ1v) is 6.70. The van der Waals surface area contributed by atoms with E-state index in [1.54, 1.807) is 6.07 Å². The number of nitrogens with zero attached hydrogens (tertiary/aromatic N) is 4. The normalized spacial score (nSPS) is 10.8. The summed E-state index contributed by atoms with van der Waals surface area (Å²) in [6, 6.07) is 1.80. The van der Waals surface area contributed by atoms with Gasteiger partial charge >= 0.3 is 0 Å². The highest BCUT2D eigenvalue weighted by Crippen LogP contribution is 2.12. The fourth-order valence-electron chi connectivity index (χ4n) is 1.73. The van der Waals surface area contributed by atoms with Gasteiger partial charge in [-0.05, 0) is 11.4 Å². The predicted molar refractivity (Wildman–Crippen MR) is 72.6 cm³/mol. The minimum Gasteiger partial charge on any atom is -0.348 e. The number of fused-ring (bicyclic) bond motifs is 1. The van der Waals surface area contributed by atoms with Crippen molar-refractivity contribution in [1.82, 2.24) is 30.0 Å². The van der Waals surface area contributed by atoms with Crippen molar-refractivity contribution in [3.05, 3.63) is 40.3 Å². The lowest BCUT2D eigenvalue weighted by atomic mass is 10.4. The van der Waals surface area contributed by atoms with Gasteiger partial charge in [0.1, 0.15) is 11.0 Å². The summed E-state index contributed by atoms with van der Waals surface area (Å²) in [4.78, 5) is 31.6. The molecule has 0 fully saturated rings. The maximum atomic E-state index is 12.1. The van der Waals surface area contributed by atoms with Crippen LogP contribution in [-0.4, -0.2) is 37.2 Å². The number of carbonyl (C=O) groups excluding carboxylic acids is 1. The van der Waals surface area contributed by atoms with Crippen LogP contribution in [0.3, 0.4) is 0 Å². The average molecular weight is 290 g/mol. The summed E-state index contributed by atoms with van der Waals surface area (Å²) in [6.45, 7) is 0.650. The Labute approximate surface area is 116 Å². The van der Waals surface area contributed by atoms with E-state index in [4.69, 9.17) is 0 Å². The van der Waals surface area contributed by atoms with Crippen LogP contribution in [0.1, 0.15) is 10.6 Å². The third-order valence-corrected chi connectivity index (χ3v) is 3.60. The molecule has 8 nitrogen and oxygen atoms in total. The second-order valence-electron chi connectivity index (χ2n) is 3.97. The zero-order chi connectivity index (χ0) is 13.9. The van der Waals surface area contributed by atoms with Crippen LogP contribution >= 0.6 is 11.3 Å². The summed E-state index contributed by atoms with van der Waals surface area (Å²) >= 11 is 1.36. The molecule has 1 amide bonds. The first-order chi connectivity index (χ1) is 9.75. The molecule has 3 aromatic rings. The molecule has 3 rings (SSSR count). The zero-order valence-electron chi connectivity index (χ0n) is 10.2. The van der Waals surface area contributed by atoms with Crippen LogP contribution in [0, 0.1) is 0 Å². The second-order valence-corrected chi connectivity index (χ2v) is 4.88. The first-order valence-electron chi connectivity index (χ1n) is 5.82. The van der Waals surface area contributed by atoms with E-state index < -0.39 is 0 Å². The van der Waals surface area contributed by atoms with E-state index in [0.29, 0.717) is 23.3 Å². The van der Waals surface area contributed by atoms with E-state index in [0.717, 1.165) is 0 Å². The molecule has 0 aliphatic carbocycles.